The van der Waals surface area contributed by atoms with Gasteiger partial charge in [0.05, 0.1) is 19.9 Å². The van der Waals surface area contributed by atoms with Crippen molar-refractivity contribution in [1.29, 1.82) is 0 Å². The van der Waals surface area contributed by atoms with Gasteiger partial charge in [-0.2, -0.15) is 5.10 Å². The molecular weight excluding hydrogens is 247 g/mol. The van der Waals surface area contributed by atoms with Crippen molar-refractivity contribution >= 4 is 0 Å². The molecule has 0 bridgehead atoms. The summed E-state index contributed by atoms with van der Waals surface area (Å²) in [5, 5.41) is 4.22. The van der Waals surface area contributed by atoms with E-state index in [9.17, 15) is 0 Å². The van der Waals surface area contributed by atoms with E-state index in [0.717, 1.165) is 13.0 Å². The standard InChI is InChI=1S/C13H25FN4O/c1-5-6-13(14,10-15)12-11(19-4)9-16-18(12)8-7-17(2)3/h9H,5-8,10,15H2,1-4H3. The number of halogens is 1. The Hall–Kier alpha value is -1.14. The Morgan fingerprint density at radius 2 is 2.21 bits per heavy atom. The second kappa shape index (κ2) is 6.86. The zero-order valence-corrected chi connectivity index (χ0v) is 12.3. The van der Waals surface area contributed by atoms with Gasteiger partial charge in [0, 0.05) is 13.1 Å². The van der Waals surface area contributed by atoms with E-state index in [1.54, 1.807) is 10.9 Å². The zero-order chi connectivity index (χ0) is 14.5. The van der Waals surface area contributed by atoms with Crippen molar-refractivity contribution < 1.29 is 9.13 Å². The molecule has 0 aliphatic carbocycles. The Labute approximate surface area is 114 Å². The van der Waals surface area contributed by atoms with Crippen LogP contribution in [0.1, 0.15) is 25.5 Å². The van der Waals surface area contributed by atoms with Crippen LogP contribution in [0.25, 0.3) is 0 Å². The van der Waals surface area contributed by atoms with E-state index >= 15 is 4.39 Å². The van der Waals surface area contributed by atoms with Crippen molar-refractivity contribution in [2.45, 2.75) is 32.0 Å². The first-order valence-corrected chi connectivity index (χ1v) is 6.62. The van der Waals surface area contributed by atoms with Crippen molar-refractivity contribution in [3.63, 3.8) is 0 Å². The van der Waals surface area contributed by atoms with E-state index in [-0.39, 0.29) is 6.54 Å². The van der Waals surface area contributed by atoms with Gasteiger partial charge >= 0.3 is 0 Å². The van der Waals surface area contributed by atoms with Crippen LogP contribution in [0.2, 0.25) is 0 Å². The summed E-state index contributed by atoms with van der Waals surface area (Å²) < 4.78 is 21.9. The predicted octanol–water partition coefficient (Wildman–Crippen LogP) is 1.38. The van der Waals surface area contributed by atoms with Crippen LogP contribution < -0.4 is 10.5 Å². The number of alkyl halides is 1. The van der Waals surface area contributed by atoms with Gasteiger partial charge in [-0.3, -0.25) is 4.68 Å². The van der Waals surface area contributed by atoms with Gasteiger partial charge in [-0.15, -0.1) is 0 Å². The monoisotopic (exact) mass is 272 g/mol. The van der Waals surface area contributed by atoms with E-state index in [4.69, 9.17) is 10.5 Å². The number of likely N-dealkylation sites (N-methyl/N-ethyl adjacent to an activating group) is 1. The number of nitrogens with two attached hydrogens (primary N) is 1. The molecule has 0 aliphatic heterocycles. The van der Waals surface area contributed by atoms with Crippen LogP contribution in [-0.2, 0) is 12.2 Å². The predicted molar refractivity (Wildman–Crippen MR) is 74.1 cm³/mol. The van der Waals surface area contributed by atoms with Gasteiger partial charge in [-0.05, 0) is 20.5 Å². The molecule has 0 saturated heterocycles. The molecule has 0 fully saturated rings. The molecule has 0 aliphatic rings. The molecule has 5 nitrogen and oxygen atoms in total. The number of rotatable bonds is 8. The smallest absolute Gasteiger partial charge is 0.168 e. The fourth-order valence-electron chi connectivity index (χ4n) is 2.15. The van der Waals surface area contributed by atoms with Gasteiger partial charge in [-0.25, -0.2) is 4.39 Å². The molecule has 6 heteroatoms. The van der Waals surface area contributed by atoms with Crippen LogP contribution in [0.4, 0.5) is 4.39 Å². The molecule has 110 valence electrons. The number of methoxy groups -OCH3 is 1. The second-order valence-corrected chi connectivity index (χ2v) is 5.01. The van der Waals surface area contributed by atoms with Crippen LogP contribution in [0.3, 0.4) is 0 Å². The lowest BCUT2D eigenvalue weighted by Crippen LogP contribution is -2.34. The number of aromatic nitrogens is 2. The lowest BCUT2D eigenvalue weighted by atomic mass is 9.95. The number of ether oxygens (including phenoxy) is 1. The number of hydrogen-bond acceptors (Lipinski definition) is 4. The average molecular weight is 272 g/mol. The Morgan fingerprint density at radius 3 is 2.68 bits per heavy atom. The highest BCUT2D eigenvalue weighted by atomic mass is 19.1. The van der Waals surface area contributed by atoms with E-state index in [1.165, 1.54) is 7.11 Å². The van der Waals surface area contributed by atoms with Gasteiger partial charge in [-0.1, -0.05) is 13.3 Å². The normalized spacial score (nSPS) is 14.7. The van der Waals surface area contributed by atoms with Gasteiger partial charge in [0.25, 0.3) is 0 Å². The molecule has 1 atom stereocenters. The number of hydrogen-bond donors (Lipinski definition) is 1. The molecular formula is C13H25FN4O. The van der Waals surface area contributed by atoms with Gasteiger partial charge in [0.1, 0.15) is 5.69 Å². The molecule has 0 saturated carbocycles. The maximum atomic E-state index is 15.0. The summed E-state index contributed by atoms with van der Waals surface area (Å²) in [6.07, 6.45) is 2.65. The van der Waals surface area contributed by atoms with Gasteiger partial charge in [0.2, 0.25) is 0 Å². The van der Waals surface area contributed by atoms with Crippen molar-refractivity contribution in [1.82, 2.24) is 14.7 Å². The summed E-state index contributed by atoms with van der Waals surface area (Å²) in [6, 6.07) is 0. The maximum absolute atomic E-state index is 15.0. The van der Waals surface area contributed by atoms with Crippen LogP contribution >= 0.6 is 0 Å². The molecule has 0 aromatic carbocycles. The molecule has 1 aromatic rings. The largest absolute Gasteiger partial charge is 0.493 e. The first-order valence-electron chi connectivity index (χ1n) is 6.62. The maximum Gasteiger partial charge on any atom is 0.168 e. The third-order valence-corrected chi connectivity index (χ3v) is 3.18. The number of nitrogens with zero attached hydrogens (tertiary/aromatic N) is 3. The molecule has 19 heavy (non-hydrogen) atoms. The zero-order valence-electron chi connectivity index (χ0n) is 12.3. The molecule has 1 aromatic heterocycles. The molecule has 1 heterocycles. The van der Waals surface area contributed by atoms with Crippen LogP contribution in [0, 0.1) is 0 Å². The van der Waals surface area contributed by atoms with E-state index in [0.29, 0.717) is 24.4 Å². The first-order chi connectivity index (χ1) is 8.98. The van der Waals surface area contributed by atoms with Gasteiger partial charge in [0.15, 0.2) is 11.4 Å². The topological polar surface area (TPSA) is 56.3 Å². The van der Waals surface area contributed by atoms with E-state index in [1.807, 2.05) is 25.9 Å². The first kappa shape index (κ1) is 15.9. The molecule has 0 radical (unpaired) electrons. The molecule has 1 unspecified atom stereocenters. The van der Waals surface area contributed by atoms with E-state index < -0.39 is 5.67 Å². The van der Waals surface area contributed by atoms with Crippen LogP contribution in [0.15, 0.2) is 6.20 Å². The summed E-state index contributed by atoms with van der Waals surface area (Å²) in [7, 11) is 5.47. The fraction of sp³-hybridized carbons (Fsp3) is 0.769. The minimum Gasteiger partial charge on any atom is -0.493 e. The Bertz CT molecular complexity index is 394. The molecule has 0 amide bonds. The van der Waals surface area contributed by atoms with Crippen LogP contribution in [0.5, 0.6) is 5.75 Å². The lowest BCUT2D eigenvalue weighted by Gasteiger charge is -2.25. The van der Waals surface area contributed by atoms with Crippen molar-refractivity contribution in [2.75, 3.05) is 34.3 Å². The fourth-order valence-corrected chi connectivity index (χ4v) is 2.15. The quantitative estimate of drug-likeness (QED) is 0.776. The summed E-state index contributed by atoms with van der Waals surface area (Å²) >= 11 is 0. The third kappa shape index (κ3) is 3.67. The van der Waals surface area contributed by atoms with Crippen LogP contribution in [-0.4, -0.2) is 49.0 Å². The highest BCUT2D eigenvalue weighted by Crippen LogP contribution is 2.36. The van der Waals surface area contributed by atoms with Gasteiger partial charge < -0.3 is 15.4 Å². The van der Waals surface area contributed by atoms with Crippen molar-refractivity contribution in [2.24, 2.45) is 5.73 Å². The average Bonchev–Trinajstić information content (AvgIpc) is 2.80. The minimum atomic E-state index is -1.58. The van der Waals surface area contributed by atoms with Crippen molar-refractivity contribution in [3.05, 3.63) is 11.9 Å². The SMILES string of the molecule is CCCC(F)(CN)c1c(OC)cnn1CCN(C)C. The summed E-state index contributed by atoms with van der Waals surface area (Å²) in [4.78, 5) is 2.03. The Kier molecular flexibility index (Phi) is 5.75. The summed E-state index contributed by atoms with van der Waals surface area (Å²) in [5.74, 6) is 0.472. The molecule has 2 N–H and O–H groups in total. The van der Waals surface area contributed by atoms with Crippen molar-refractivity contribution in [3.8, 4) is 5.75 Å². The third-order valence-electron chi connectivity index (χ3n) is 3.18. The molecule has 1 rings (SSSR count). The summed E-state index contributed by atoms with van der Waals surface area (Å²) in [5.41, 5.74) is 4.53. The molecule has 0 spiro atoms. The van der Waals surface area contributed by atoms with E-state index in [2.05, 4.69) is 5.10 Å². The summed E-state index contributed by atoms with van der Waals surface area (Å²) in [6.45, 7) is 3.27. The highest BCUT2D eigenvalue weighted by molar-refractivity contribution is 5.31. The second-order valence-electron chi connectivity index (χ2n) is 5.01. The minimum absolute atomic E-state index is 0.0646. The Balaban J connectivity index is 3.10. The Morgan fingerprint density at radius 1 is 1.53 bits per heavy atom. The highest BCUT2D eigenvalue weighted by Gasteiger charge is 2.36. The lowest BCUT2D eigenvalue weighted by molar-refractivity contribution is 0.139.